The van der Waals surface area contributed by atoms with E-state index in [9.17, 15) is 4.39 Å². The first kappa shape index (κ1) is 11.8. The van der Waals surface area contributed by atoms with E-state index in [1.165, 1.54) is 12.1 Å². The van der Waals surface area contributed by atoms with Gasteiger partial charge in [0.25, 0.3) is 0 Å². The van der Waals surface area contributed by atoms with Crippen molar-refractivity contribution in [2.24, 2.45) is 5.92 Å². The van der Waals surface area contributed by atoms with Crippen LogP contribution in [0.5, 0.6) is 5.75 Å². The van der Waals surface area contributed by atoms with Crippen LogP contribution in [-0.4, -0.2) is 11.1 Å². The molecule has 0 radical (unpaired) electrons. The van der Waals surface area contributed by atoms with E-state index >= 15 is 0 Å². The lowest BCUT2D eigenvalue weighted by atomic mass is 10.1. The summed E-state index contributed by atoms with van der Waals surface area (Å²) in [6.07, 6.45) is 1.03. The van der Waals surface area contributed by atoms with Gasteiger partial charge in [-0.05, 0) is 31.4 Å². The maximum atomic E-state index is 13.0. The van der Waals surface area contributed by atoms with Crippen molar-refractivity contribution < 1.29 is 9.50 Å². The van der Waals surface area contributed by atoms with Crippen LogP contribution in [0.4, 0.5) is 10.1 Å². The number of anilines is 1. The molecule has 0 aromatic heterocycles. The lowest BCUT2D eigenvalue weighted by molar-refractivity contribution is 0.432. The summed E-state index contributed by atoms with van der Waals surface area (Å²) in [5.41, 5.74) is 0.707. The molecule has 0 aliphatic heterocycles. The van der Waals surface area contributed by atoms with Gasteiger partial charge in [0.15, 0.2) is 11.6 Å². The fourth-order valence-electron chi connectivity index (χ4n) is 1.65. The molecule has 1 unspecified atom stereocenters. The Morgan fingerprint density at radius 2 is 2.00 bits per heavy atom. The molecular formula is C12H18FNO. The molecule has 0 bridgehead atoms. The Hall–Kier alpha value is -1.25. The third-order valence-corrected chi connectivity index (χ3v) is 2.19. The van der Waals surface area contributed by atoms with Crippen LogP contribution in [0.1, 0.15) is 27.2 Å². The SMILES string of the molecule is CC(C)CC(C)Nc1ccc(O)c(F)c1. The van der Waals surface area contributed by atoms with Gasteiger partial charge in [0.2, 0.25) is 0 Å². The minimum Gasteiger partial charge on any atom is -0.505 e. The zero-order valence-electron chi connectivity index (χ0n) is 9.42. The van der Waals surface area contributed by atoms with E-state index in [-0.39, 0.29) is 5.75 Å². The first-order valence-corrected chi connectivity index (χ1v) is 5.24. The van der Waals surface area contributed by atoms with Crippen LogP contribution in [0.25, 0.3) is 0 Å². The van der Waals surface area contributed by atoms with Gasteiger partial charge in [0.1, 0.15) is 0 Å². The van der Waals surface area contributed by atoms with Gasteiger partial charge in [-0.1, -0.05) is 13.8 Å². The number of benzene rings is 1. The fourth-order valence-corrected chi connectivity index (χ4v) is 1.65. The van der Waals surface area contributed by atoms with Gasteiger partial charge in [-0.15, -0.1) is 0 Å². The molecule has 1 aromatic rings. The molecule has 1 rings (SSSR count). The summed E-state index contributed by atoms with van der Waals surface area (Å²) < 4.78 is 13.0. The maximum absolute atomic E-state index is 13.0. The van der Waals surface area contributed by atoms with Crippen LogP contribution < -0.4 is 5.32 Å². The second-order valence-corrected chi connectivity index (χ2v) is 4.34. The van der Waals surface area contributed by atoms with Crippen molar-refractivity contribution >= 4 is 5.69 Å². The summed E-state index contributed by atoms with van der Waals surface area (Å²) in [6, 6.07) is 4.65. The molecule has 2 N–H and O–H groups in total. The van der Waals surface area contributed by atoms with E-state index in [0.717, 1.165) is 6.42 Å². The van der Waals surface area contributed by atoms with Crippen LogP contribution in [0.15, 0.2) is 18.2 Å². The van der Waals surface area contributed by atoms with Crippen LogP contribution in [0.3, 0.4) is 0 Å². The molecule has 0 spiro atoms. The van der Waals surface area contributed by atoms with E-state index in [0.29, 0.717) is 17.6 Å². The number of phenolic OH excluding ortho intramolecular Hbond substituents is 1. The van der Waals surface area contributed by atoms with Crippen molar-refractivity contribution in [2.75, 3.05) is 5.32 Å². The summed E-state index contributed by atoms with van der Waals surface area (Å²) in [7, 11) is 0. The van der Waals surface area contributed by atoms with Gasteiger partial charge in [-0.2, -0.15) is 0 Å². The van der Waals surface area contributed by atoms with Crippen molar-refractivity contribution in [3.8, 4) is 5.75 Å². The number of nitrogens with one attached hydrogen (secondary N) is 1. The molecule has 0 aliphatic rings. The third kappa shape index (κ3) is 3.78. The van der Waals surface area contributed by atoms with Gasteiger partial charge in [-0.3, -0.25) is 0 Å². The maximum Gasteiger partial charge on any atom is 0.166 e. The lowest BCUT2D eigenvalue weighted by Gasteiger charge is -2.17. The number of hydrogen-bond acceptors (Lipinski definition) is 2. The summed E-state index contributed by atoms with van der Waals surface area (Å²) in [4.78, 5) is 0. The summed E-state index contributed by atoms with van der Waals surface area (Å²) in [6.45, 7) is 6.36. The van der Waals surface area contributed by atoms with Crippen molar-refractivity contribution in [2.45, 2.75) is 33.2 Å². The number of rotatable bonds is 4. The first-order valence-electron chi connectivity index (χ1n) is 5.24. The molecule has 0 saturated carbocycles. The Morgan fingerprint density at radius 1 is 1.33 bits per heavy atom. The number of halogens is 1. The highest BCUT2D eigenvalue weighted by Crippen LogP contribution is 2.20. The Balaban J connectivity index is 2.60. The lowest BCUT2D eigenvalue weighted by Crippen LogP contribution is -2.17. The second kappa shape index (κ2) is 5.01. The quantitative estimate of drug-likeness (QED) is 0.748. The molecule has 0 amide bonds. The molecular weight excluding hydrogens is 193 g/mol. The average Bonchev–Trinajstić information content (AvgIpc) is 2.10. The van der Waals surface area contributed by atoms with Crippen molar-refractivity contribution in [3.05, 3.63) is 24.0 Å². The molecule has 0 heterocycles. The van der Waals surface area contributed by atoms with E-state index < -0.39 is 5.82 Å². The Morgan fingerprint density at radius 3 is 2.53 bits per heavy atom. The van der Waals surface area contributed by atoms with E-state index in [1.807, 2.05) is 0 Å². The molecule has 1 aromatic carbocycles. The number of hydrogen-bond donors (Lipinski definition) is 2. The average molecular weight is 211 g/mol. The van der Waals surface area contributed by atoms with Gasteiger partial charge in [-0.25, -0.2) is 4.39 Å². The molecule has 0 aliphatic carbocycles. The third-order valence-electron chi connectivity index (χ3n) is 2.19. The predicted octanol–water partition coefficient (Wildman–Crippen LogP) is 3.38. The summed E-state index contributed by atoms with van der Waals surface area (Å²) >= 11 is 0. The molecule has 1 atom stereocenters. The van der Waals surface area contributed by atoms with Crippen molar-refractivity contribution in [1.82, 2.24) is 0 Å². The normalized spacial score (nSPS) is 12.9. The van der Waals surface area contributed by atoms with Crippen molar-refractivity contribution in [1.29, 1.82) is 0 Å². The molecule has 0 saturated heterocycles. The highest BCUT2D eigenvalue weighted by molar-refractivity contribution is 5.47. The Labute approximate surface area is 90.1 Å². The summed E-state index contributed by atoms with van der Waals surface area (Å²) in [5.74, 6) is -0.289. The molecule has 3 heteroatoms. The highest BCUT2D eigenvalue weighted by atomic mass is 19.1. The van der Waals surface area contributed by atoms with Crippen LogP contribution in [-0.2, 0) is 0 Å². The van der Waals surface area contributed by atoms with Gasteiger partial charge in [0, 0.05) is 17.8 Å². The van der Waals surface area contributed by atoms with Crippen molar-refractivity contribution in [3.63, 3.8) is 0 Å². The Kier molecular flexibility index (Phi) is 3.95. The zero-order valence-corrected chi connectivity index (χ0v) is 9.42. The minimum absolute atomic E-state index is 0.300. The standard InChI is InChI=1S/C12H18FNO/c1-8(2)6-9(3)14-10-4-5-12(15)11(13)7-10/h4-5,7-9,14-15H,6H2,1-3H3. The summed E-state index contributed by atoms with van der Waals surface area (Å²) in [5, 5.41) is 12.2. The highest BCUT2D eigenvalue weighted by Gasteiger charge is 2.06. The molecule has 15 heavy (non-hydrogen) atoms. The fraction of sp³-hybridized carbons (Fsp3) is 0.500. The number of aromatic hydroxyl groups is 1. The molecule has 2 nitrogen and oxygen atoms in total. The largest absolute Gasteiger partial charge is 0.505 e. The predicted molar refractivity (Wildman–Crippen MR) is 60.6 cm³/mol. The molecule has 84 valence electrons. The van der Waals surface area contributed by atoms with Gasteiger partial charge < -0.3 is 10.4 Å². The number of phenols is 1. The van der Waals surface area contributed by atoms with E-state index in [4.69, 9.17) is 5.11 Å². The first-order chi connectivity index (χ1) is 6.99. The van der Waals surface area contributed by atoms with E-state index in [2.05, 4.69) is 26.1 Å². The van der Waals surface area contributed by atoms with Crippen LogP contribution >= 0.6 is 0 Å². The van der Waals surface area contributed by atoms with Crippen LogP contribution in [0, 0.1) is 11.7 Å². The smallest absolute Gasteiger partial charge is 0.166 e. The Bertz CT molecular complexity index is 325. The molecule has 0 fully saturated rings. The van der Waals surface area contributed by atoms with E-state index in [1.54, 1.807) is 6.07 Å². The van der Waals surface area contributed by atoms with Gasteiger partial charge in [0.05, 0.1) is 0 Å². The second-order valence-electron chi connectivity index (χ2n) is 4.34. The minimum atomic E-state index is -0.586. The monoisotopic (exact) mass is 211 g/mol. The van der Waals surface area contributed by atoms with Crippen LogP contribution in [0.2, 0.25) is 0 Å². The van der Waals surface area contributed by atoms with Gasteiger partial charge >= 0.3 is 0 Å². The zero-order chi connectivity index (χ0) is 11.4. The topological polar surface area (TPSA) is 32.3 Å².